The molecule has 22 heavy (non-hydrogen) atoms. The topological polar surface area (TPSA) is 101 Å². The lowest BCUT2D eigenvalue weighted by atomic mass is 10.1. The van der Waals surface area contributed by atoms with Gasteiger partial charge in [0.05, 0.1) is 5.69 Å². The van der Waals surface area contributed by atoms with Crippen molar-refractivity contribution < 1.29 is 12.9 Å². The van der Waals surface area contributed by atoms with E-state index in [0.717, 1.165) is 11.3 Å². The minimum atomic E-state index is -3.72. The van der Waals surface area contributed by atoms with Crippen LogP contribution in [0.2, 0.25) is 0 Å². The Kier molecular flexibility index (Phi) is 3.45. The molecular weight excluding hydrogens is 304 g/mol. The van der Waals surface area contributed by atoms with Gasteiger partial charge in [0.2, 0.25) is 0 Å². The van der Waals surface area contributed by atoms with E-state index in [1.165, 1.54) is 0 Å². The molecule has 0 fully saturated rings. The first-order valence-electron chi connectivity index (χ1n) is 6.53. The third kappa shape index (κ3) is 2.60. The molecule has 3 rings (SSSR count). The summed E-state index contributed by atoms with van der Waals surface area (Å²) in [5.74, 6) is 0.263. The molecule has 7 nitrogen and oxygen atoms in total. The molecule has 0 aliphatic heterocycles. The average Bonchev–Trinajstić information content (AvgIpc) is 3.09. The number of sulfonamides is 1. The Labute approximate surface area is 127 Å². The molecule has 3 aromatic rings. The molecule has 0 unspecified atom stereocenters. The number of aromatic amines is 1. The highest BCUT2D eigenvalue weighted by atomic mass is 32.2. The molecule has 0 saturated heterocycles. The number of aryl methyl sites for hydroxylation is 2. The van der Waals surface area contributed by atoms with E-state index >= 15 is 0 Å². The van der Waals surface area contributed by atoms with Crippen LogP contribution in [0.5, 0.6) is 0 Å². The van der Waals surface area contributed by atoms with Gasteiger partial charge in [-0.3, -0.25) is 9.82 Å². The zero-order chi connectivity index (χ0) is 15.7. The van der Waals surface area contributed by atoms with E-state index in [9.17, 15) is 8.42 Å². The predicted molar refractivity (Wildman–Crippen MR) is 80.8 cm³/mol. The number of anilines is 1. The minimum Gasteiger partial charge on any atom is -0.360 e. The number of nitrogens with one attached hydrogen (secondary N) is 2. The number of nitrogens with zero attached hydrogens (tertiary/aromatic N) is 2. The summed E-state index contributed by atoms with van der Waals surface area (Å²) < 4.78 is 32.2. The van der Waals surface area contributed by atoms with Gasteiger partial charge in [-0.1, -0.05) is 17.3 Å². The Balaban J connectivity index is 1.87. The van der Waals surface area contributed by atoms with Crippen molar-refractivity contribution in [3.05, 3.63) is 48.0 Å². The maximum Gasteiger partial charge on any atom is 0.267 e. The number of H-pyrrole nitrogens is 1. The number of hydrogen-bond acceptors (Lipinski definition) is 5. The number of rotatable bonds is 4. The van der Waals surface area contributed by atoms with Gasteiger partial charge in [-0.2, -0.15) is 5.10 Å². The molecule has 2 aromatic heterocycles. The number of aromatic nitrogens is 3. The fourth-order valence-corrected chi connectivity index (χ4v) is 3.59. The molecule has 8 heteroatoms. The van der Waals surface area contributed by atoms with E-state index in [4.69, 9.17) is 4.52 Å². The lowest BCUT2D eigenvalue weighted by Gasteiger charge is -2.08. The van der Waals surface area contributed by atoms with Gasteiger partial charge in [-0.25, -0.2) is 8.42 Å². The molecule has 1 aromatic carbocycles. The van der Waals surface area contributed by atoms with Gasteiger partial charge in [0.15, 0.2) is 10.7 Å². The fourth-order valence-electron chi connectivity index (χ4n) is 2.20. The Morgan fingerprint density at radius 2 is 1.86 bits per heavy atom. The SMILES string of the molecule is Cc1noc(C)c1S(=O)(=O)Nc1ccc(-c2ccn[nH]2)cc1. The molecule has 0 aliphatic carbocycles. The van der Waals surface area contributed by atoms with E-state index in [0.29, 0.717) is 11.4 Å². The van der Waals surface area contributed by atoms with Gasteiger partial charge in [0.25, 0.3) is 10.0 Å². The lowest BCUT2D eigenvalue weighted by Crippen LogP contribution is -2.14. The second-order valence-electron chi connectivity index (χ2n) is 4.81. The van der Waals surface area contributed by atoms with Crippen LogP contribution in [0.4, 0.5) is 5.69 Å². The van der Waals surface area contributed by atoms with Gasteiger partial charge < -0.3 is 4.52 Å². The highest BCUT2D eigenvalue weighted by molar-refractivity contribution is 7.92. The fraction of sp³-hybridized carbons (Fsp3) is 0.143. The van der Waals surface area contributed by atoms with E-state index < -0.39 is 10.0 Å². The third-order valence-electron chi connectivity index (χ3n) is 3.19. The average molecular weight is 318 g/mol. The van der Waals surface area contributed by atoms with Gasteiger partial charge in [-0.05, 0) is 37.6 Å². The van der Waals surface area contributed by atoms with Crippen molar-refractivity contribution in [3.63, 3.8) is 0 Å². The van der Waals surface area contributed by atoms with E-state index in [1.807, 2.05) is 6.07 Å². The van der Waals surface area contributed by atoms with Crippen LogP contribution in [0, 0.1) is 13.8 Å². The summed E-state index contributed by atoms with van der Waals surface area (Å²) in [5.41, 5.74) is 2.57. The zero-order valence-electron chi connectivity index (χ0n) is 12.0. The summed E-state index contributed by atoms with van der Waals surface area (Å²) in [6.45, 7) is 3.16. The molecule has 114 valence electrons. The first-order valence-corrected chi connectivity index (χ1v) is 8.01. The monoisotopic (exact) mass is 318 g/mol. The summed E-state index contributed by atoms with van der Waals surface area (Å²) in [5, 5.41) is 10.4. The quantitative estimate of drug-likeness (QED) is 0.769. The van der Waals surface area contributed by atoms with E-state index in [1.54, 1.807) is 44.3 Å². The summed E-state index contributed by atoms with van der Waals surface area (Å²) in [6.07, 6.45) is 1.66. The Morgan fingerprint density at radius 1 is 1.14 bits per heavy atom. The Bertz CT molecular complexity index is 861. The normalized spacial score (nSPS) is 11.5. The summed E-state index contributed by atoms with van der Waals surface area (Å²) >= 11 is 0. The Hall–Kier alpha value is -2.61. The number of benzene rings is 1. The minimum absolute atomic E-state index is 0.0742. The zero-order valence-corrected chi connectivity index (χ0v) is 12.8. The van der Waals surface area contributed by atoms with Crippen LogP contribution in [0.3, 0.4) is 0 Å². The first kappa shape index (κ1) is 14.3. The van der Waals surface area contributed by atoms with Crippen LogP contribution in [-0.4, -0.2) is 23.8 Å². The molecule has 0 atom stereocenters. The van der Waals surface area contributed by atoms with Crippen molar-refractivity contribution in [2.45, 2.75) is 18.7 Å². The smallest absolute Gasteiger partial charge is 0.267 e. The first-order chi connectivity index (χ1) is 10.5. The second kappa shape index (κ2) is 5.30. The maximum absolute atomic E-state index is 12.4. The molecule has 0 saturated carbocycles. The molecule has 2 N–H and O–H groups in total. The van der Waals surface area contributed by atoms with Gasteiger partial charge in [-0.15, -0.1) is 0 Å². The molecule has 0 aliphatic rings. The highest BCUT2D eigenvalue weighted by Crippen LogP contribution is 2.24. The third-order valence-corrected chi connectivity index (χ3v) is 4.81. The second-order valence-corrected chi connectivity index (χ2v) is 6.43. The largest absolute Gasteiger partial charge is 0.360 e. The van der Waals surface area contributed by atoms with Crippen LogP contribution < -0.4 is 4.72 Å². The molecule has 0 bridgehead atoms. The molecular formula is C14H14N4O3S. The summed E-state index contributed by atoms with van der Waals surface area (Å²) in [4.78, 5) is 0.0742. The van der Waals surface area contributed by atoms with Crippen molar-refractivity contribution >= 4 is 15.7 Å². The van der Waals surface area contributed by atoms with Crippen LogP contribution >= 0.6 is 0 Å². The van der Waals surface area contributed by atoms with Crippen LogP contribution in [0.15, 0.2) is 45.9 Å². The van der Waals surface area contributed by atoms with Gasteiger partial charge in [0.1, 0.15) is 5.69 Å². The van der Waals surface area contributed by atoms with Crippen LogP contribution in [-0.2, 0) is 10.0 Å². The van der Waals surface area contributed by atoms with Crippen molar-refractivity contribution in [3.8, 4) is 11.3 Å². The predicted octanol–water partition coefficient (Wildman–Crippen LogP) is 2.48. The molecule has 0 spiro atoms. The molecule has 0 amide bonds. The van der Waals surface area contributed by atoms with Gasteiger partial charge >= 0.3 is 0 Å². The number of hydrogen-bond donors (Lipinski definition) is 2. The van der Waals surface area contributed by atoms with Crippen molar-refractivity contribution in [2.24, 2.45) is 0 Å². The van der Waals surface area contributed by atoms with Crippen molar-refractivity contribution in [1.29, 1.82) is 0 Å². The lowest BCUT2D eigenvalue weighted by molar-refractivity contribution is 0.390. The summed E-state index contributed by atoms with van der Waals surface area (Å²) in [7, 11) is -3.72. The van der Waals surface area contributed by atoms with E-state index in [2.05, 4.69) is 20.1 Å². The summed E-state index contributed by atoms with van der Waals surface area (Å²) in [6, 6.07) is 8.82. The maximum atomic E-state index is 12.4. The molecule has 2 heterocycles. The highest BCUT2D eigenvalue weighted by Gasteiger charge is 2.24. The molecule has 0 radical (unpaired) electrons. The van der Waals surface area contributed by atoms with Crippen molar-refractivity contribution in [1.82, 2.24) is 15.4 Å². The Morgan fingerprint density at radius 3 is 2.41 bits per heavy atom. The van der Waals surface area contributed by atoms with Crippen LogP contribution in [0.1, 0.15) is 11.5 Å². The standard InChI is InChI=1S/C14H14N4O3S/c1-9-14(10(2)21-17-9)22(19,20)18-12-5-3-11(4-6-12)13-7-8-15-16-13/h3-8,18H,1-2H3,(H,15,16). The van der Waals surface area contributed by atoms with E-state index in [-0.39, 0.29) is 10.7 Å². The van der Waals surface area contributed by atoms with Crippen LogP contribution in [0.25, 0.3) is 11.3 Å². The van der Waals surface area contributed by atoms with Gasteiger partial charge in [0, 0.05) is 11.9 Å². The van der Waals surface area contributed by atoms with Crippen molar-refractivity contribution in [2.75, 3.05) is 4.72 Å².